The van der Waals surface area contributed by atoms with Crippen molar-refractivity contribution >= 4 is 23.5 Å². The average molecular weight is 238 g/mol. The first-order chi connectivity index (χ1) is 7.15. The van der Waals surface area contributed by atoms with Crippen LogP contribution in [0.5, 0.6) is 0 Å². The van der Waals surface area contributed by atoms with E-state index in [4.69, 9.17) is 5.26 Å². The van der Waals surface area contributed by atoms with Gasteiger partial charge in [0.15, 0.2) is 0 Å². The molecule has 15 heavy (non-hydrogen) atoms. The summed E-state index contributed by atoms with van der Waals surface area (Å²) in [6, 6.07) is 2.26. The van der Waals surface area contributed by atoms with Gasteiger partial charge >= 0.3 is 0 Å². The van der Waals surface area contributed by atoms with Crippen LogP contribution in [0.25, 0.3) is 0 Å². The third-order valence-electron chi connectivity index (χ3n) is 2.19. The van der Waals surface area contributed by atoms with E-state index in [9.17, 15) is 0 Å². The van der Waals surface area contributed by atoms with Gasteiger partial charge in [0.2, 0.25) is 0 Å². The summed E-state index contributed by atoms with van der Waals surface area (Å²) < 4.78 is 0. The molecule has 0 aliphatic heterocycles. The second-order valence-electron chi connectivity index (χ2n) is 3.08. The predicted octanol–water partition coefficient (Wildman–Crippen LogP) is 3.40. The third kappa shape index (κ3) is 2.47. The molecule has 0 spiro atoms. The van der Waals surface area contributed by atoms with Crippen molar-refractivity contribution in [3.63, 3.8) is 0 Å². The molecular weight excluding hydrogens is 224 g/mol. The first kappa shape index (κ1) is 12.4. The number of pyridine rings is 1. The lowest BCUT2D eigenvalue weighted by Gasteiger charge is -2.11. The lowest BCUT2D eigenvalue weighted by molar-refractivity contribution is 0.975. The van der Waals surface area contributed by atoms with Gasteiger partial charge in [-0.2, -0.15) is 5.26 Å². The molecular formula is C11H14N2S2. The minimum atomic E-state index is 0.734. The molecule has 0 fully saturated rings. The van der Waals surface area contributed by atoms with Gasteiger partial charge in [-0.25, -0.2) is 4.98 Å². The van der Waals surface area contributed by atoms with E-state index in [1.807, 2.05) is 20.1 Å². The quantitative estimate of drug-likeness (QED) is 0.756. The van der Waals surface area contributed by atoms with Crippen LogP contribution in [-0.4, -0.2) is 17.0 Å². The number of hydrogen-bond donors (Lipinski definition) is 0. The average Bonchev–Trinajstić information content (AvgIpc) is 2.23. The minimum absolute atomic E-state index is 0.734. The fourth-order valence-corrected chi connectivity index (χ4v) is 2.97. The maximum absolute atomic E-state index is 9.16. The molecule has 1 heterocycles. The summed E-state index contributed by atoms with van der Waals surface area (Å²) in [6.45, 7) is 6.09. The minimum Gasteiger partial charge on any atom is -0.245 e. The lowest BCUT2D eigenvalue weighted by atomic mass is 10.2. The van der Waals surface area contributed by atoms with Gasteiger partial charge in [-0.15, -0.1) is 23.5 Å². The maximum Gasteiger partial charge on any atom is 0.115 e. The van der Waals surface area contributed by atoms with Gasteiger partial charge in [0.1, 0.15) is 11.1 Å². The molecule has 0 aliphatic rings. The van der Waals surface area contributed by atoms with Gasteiger partial charge in [0.25, 0.3) is 0 Å². The number of thioether (sulfide) groups is 2. The van der Waals surface area contributed by atoms with E-state index < -0.39 is 0 Å². The Bertz CT molecular complexity index is 408. The number of nitriles is 1. The molecule has 4 heteroatoms. The van der Waals surface area contributed by atoms with Crippen molar-refractivity contribution in [3.8, 4) is 6.07 Å². The highest BCUT2D eigenvalue weighted by molar-refractivity contribution is 7.99. The highest BCUT2D eigenvalue weighted by Crippen LogP contribution is 2.32. The molecule has 0 N–H and O–H groups in total. The molecule has 0 saturated heterocycles. The Hall–Kier alpha value is -0.660. The molecule has 0 atom stereocenters. The van der Waals surface area contributed by atoms with E-state index in [2.05, 4.69) is 18.0 Å². The molecule has 0 aromatic carbocycles. The summed E-state index contributed by atoms with van der Waals surface area (Å²) in [5.74, 6) is 0.942. The van der Waals surface area contributed by atoms with Crippen molar-refractivity contribution in [2.45, 2.75) is 30.7 Å². The van der Waals surface area contributed by atoms with Crippen LogP contribution in [0.3, 0.4) is 0 Å². The van der Waals surface area contributed by atoms with Crippen molar-refractivity contribution in [1.82, 2.24) is 4.98 Å². The third-order valence-corrected chi connectivity index (χ3v) is 3.97. The Kier molecular flexibility index (Phi) is 4.49. The van der Waals surface area contributed by atoms with Gasteiger partial charge in [-0.3, -0.25) is 0 Å². The van der Waals surface area contributed by atoms with E-state index >= 15 is 0 Å². The van der Waals surface area contributed by atoms with Crippen molar-refractivity contribution in [2.75, 3.05) is 12.0 Å². The summed E-state index contributed by atoms with van der Waals surface area (Å²) >= 11 is 3.26. The molecule has 2 nitrogen and oxygen atoms in total. The molecule has 80 valence electrons. The fraction of sp³-hybridized carbons (Fsp3) is 0.455. The molecule has 0 saturated carbocycles. The molecule has 0 amide bonds. The Morgan fingerprint density at radius 1 is 1.40 bits per heavy atom. The van der Waals surface area contributed by atoms with Gasteiger partial charge in [-0.1, -0.05) is 6.92 Å². The molecule has 0 radical (unpaired) electrons. The predicted molar refractivity (Wildman–Crippen MR) is 66.6 cm³/mol. The van der Waals surface area contributed by atoms with E-state index in [0.29, 0.717) is 0 Å². The zero-order valence-corrected chi connectivity index (χ0v) is 11.1. The van der Waals surface area contributed by atoms with Gasteiger partial charge < -0.3 is 0 Å². The first-order valence-corrected chi connectivity index (χ1v) is 6.94. The lowest BCUT2D eigenvalue weighted by Crippen LogP contribution is -1.98. The van der Waals surface area contributed by atoms with Gasteiger partial charge in [-0.05, 0) is 31.4 Å². The molecule has 0 unspecified atom stereocenters. The van der Waals surface area contributed by atoms with Crippen LogP contribution >= 0.6 is 23.5 Å². The standard InChI is InChI=1S/C11H14N2S2/c1-5-15-11-9(6-12)10(14-4)7(2)8(3)13-11/h5H2,1-4H3. The van der Waals surface area contributed by atoms with Crippen LogP contribution in [0.15, 0.2) is 9.92 Å². The molecule has 1 aromatic rings. The molecule has 1 aromatic heterocycles. The highest BCUT2D eigenvalue weighted by atomic mass is 32.2. The summed E-state index contributed by atoms with van der Waals surface area (Å²) in [6.07, 6.45) is 2.00. The summed E-state index contributed by atoms with van der Waals surface area (Å²) in [5.41, 5.74) is 2.88. The summed E-state index contributed by atoms with van der Waals surface area (Å²) in [7, 11) is 0. The fourth-order valence-electron chi connectivity index (χ4n) is 1.34. The van der Waals surface area contributed by atoms with E-state index in [0.717, 1.165) is 32.5 Å². The number of nitrogens with zero attached hydrogens (tertiary/aromatic N) is 2. The second-order valence-corrected chi connectivity index (χ2v) is 5.15. The van der Waals surface area contributed by atoms with Gasteiger partial charge in [0, 0.05) is 10.6 Å². The van der Waals surface area contributed by atoms with Crippen molar-refractivity contribution in [1.29, 1.82) is 5.26 Å². The molecule has 1 rings (SSSR count). The Balaban J connectivity index is 3.42. The van der Waals surface area contributed by atoms with Crippen molar-refractivity contribution in [2.24, 2.45) is 0 Å². The summed E-state index contributed by atoms with van der Waals surface area (Å²) in [5, 5.41) is 10.0. The van der Waals surface area contributed by atoms with Crippen molar-refractivity contribution in [3.05, 3.63) is 16.8 Å². The summed E-state index contributed by atoms with van der Waals surface area (Å²) in [4.78, 5) is 5.54. The highest BCUT2D eigenvalue weighted by Gasteiger charge is 2.14. The number of aromatic nitrogens is 1. The van der Waals surface area contributed by atoms with Crippen LogP contribution in [0.1, 0.15) is 23.7 Å². The second kappa shape index (κ2) is 5.43. The smallest absolute Gasteiger partial charge is 0.115 e. The van der Waals surface area contributed by atoms with E-state index in [-0.39, 0.29) is 0 Å². The normalized spacial score (nSPS) is 10.1. The largest absolute Gasteiger partial charge is 0.245 e. The van der Waals surface area contributed by atoms with Crippen LogP contribution in [-0.2, 0) is 0 Å². The monoisotopic (exact) mass is 238 g/mol. The van der Waals surface area contributed by atoms with Crippen LogP contribution < -0.4 is 0 Å². The first-order valence-electron chi connectivity index (χ1n) is 4.73. The SMILES string of the molecule is CCSc1nc(C)c(C)c(SC)c1C#N. The van der Waals surface area contributed by atoms with E-state index in [1.54, 1.807) is 23.5 Å². The topological polar surface area (TPSA) is 36.7 Å². The van der Waals surface area contributed by atoms with Crippen LogP contribution in [0.4, 0.5) is 0 Å². The zero-order chi connectivity index (χ0) is 11.4. The Morgan fingerprint density at radius 2 is 2.07 bits per heavy atom. The number of rotatable bonds is 3. The Labute approximate surface area is 99.5 Å². The van der Waals surface area contributed by atoms with Gasteiger partial charge in [0.05, 0.1) is 5.56 Å². The van der Waals surface area contributed by atoms with E-state index in [1.165, 1.54) is 0 Å². The molecule has 0 aliphatic carbocycles. The molecule has 0 bridgehead atoms. The Morgan fingerprint density at radius 3 is 2.53 bits per heavy atom. The maximum atomic E-state index is 9.16. The van der Waals surface area contributed by atoms with Crippen LogP contribution in [0, 0.1) is 25.2 Å². The zero-order valence-electron chi connectivity index (χ0n) is 9.42. The van der Waals surface area contributed by atoms with Crippen molar-refractivity contribution < 1.29 is 0 Å². The number of aryl methyl sites for hydroxylation is 1. The number of hydrogen-bond acceptors (Lipinski definition) is 4. The van der Waals surface area contributed by atoms with Crippen LogP contribution in [0.2, 0.25) is 0 Å².